The standard InChI is InChI=1S/C49H32O/c1-2-15-32(16-3-1)35-20-6-5-18-34(35)31-45-38-22-8-10-24-40(38)47(41-25-11-9-23-39(41)45)44-30-29-42(37-27-14-19-33-17-4-7-21-36(33)37)49-48(44)43-26-12-13-28-46(43)50-49/h1-30H,31H2. The van der Waals surface area contributed by atoms with E-state index >= 15 is 0 Å². The summed E-state index contributed by atoms with van der Waals surface area (Å²) in [6.07, 6.45) is 0.830. The first-order valence-electron chi connectivity index (χ1n) is 17.3. The Labute approximate surface area is 290 Å². The number of hydrogen-bond acceptors (Lipinski definition) is 1. The lowest BCUT2D eigenvalue weighted by Gasteiger charge is -2.19. The second-order valence-corrected chi connectivity index (χ2v) is 13.1. The molecule has 0 fully saturated rings. The van der Waals surface area contributed by atoms with Gasteiger partial charge in [0.1, 0.15) is 11.2 Å². The Balaban J connectivity index is 1.27. The van der Waals surface area contributed by atoms with Crippen LogP contribution in [0.2, 0.25) is 0 Å². The van der Waals surface area contributed by atoms with Gasteiger partial charge in [-0.15, -0.1) is 0 Å². The predicted molar refractivity (Wildman–Crippen MR) is 212 cm³/mol. The van der Waals surface area contributed by atoms with E-state index in [1.54, 1.807) is 0 Å². The minimum atomic E-state index is 0.830. The third-order valence-electron chi connectivity index (χ3n) is 10.4. The van der Waals surface area contributed by atoms with Crippen LogP contribution in [0.1, 0.15) is 11.1 Å². The molecule has 10 aromatic rings. The van der Waals surface area contributed by atoms with E-state index in [2.05, 4.69) is 182 Å². The molecule has 0 radical (unpaired) electrons. The fourth-order valence-corrected chi connectivity index (χ4v) is 8.17. The van der Waals surface area contributed by atoms with E-state index in [0.717, 1.165) is 33.9 Å². The third kappa shape index (κ3) is 4.48. The summed E-state index contributed by atoms with van der Waals surface area (Å²) in [6, 6.07) is 65.8. The van der Waals surface area contributed by atoms with Gasteiger partial charge in [-0.3, -0.25) is 0 Å². The maximum absolute atomic E-state index is 6.83. The summed E-state index contributed by atoms with van der Waals surface area (Å²) < 4.78 is 6.83. The van der Waals surface area contributed by atoms with E-state index in [-0.39, 0.29) is 0 Å². The van der Waals surface area contributed by atoms with Crippen molar-refractivity contribution in [2.75, 3.05) is 0 Å². The zero-order valence-electron chi connectivity index (χ0n) is 27.4. The van der Waals surface area contributed by atoms with E-state index in [0.29, 0.717) is 0 Å². The van der Waals surface area contributed by atoms with Crippen molar-refractivity contribution in [3.05, 3.63) is 193 Å². The van der Waals surface area contributed by atoms with E-state index in [1.165, 1.54) is 71.3 Å². The highest BCUT2D eigenvalue weighted by molar-refractivity contribution is 6.24. The average Bonchev–Trinajstić information content (AvgIpc) is 3.58. The second-order valence-electron chi connectivity index (χ2n) is 13.1. The van der Waals surface area contributed by atoms with Gasteiger partial charge in [-0.1, -0.05) is 170 Å². The first kappa shape index (κ1) is 28.6. The van der Waals surface area contributed by atoms with Crippen molar-refractivity contribution < 1.29 is 4.42 Å². The van der Waals surface area contributed by atoms with Gasteiger partial charge in [0.15, 0.2) is 0 Å². The van der Waals surface area contributed by atoms with Crippen molar-refractivity contribution in [2.45, 2.75) is 6.42 Å². The summed E-state index contributed by atoms with van der Waals surface area (Å²) in [6.45, 7) is 0. The van der Waals surface area contributed by atoms with Crippen LogP contribution in [0.3, 0.4) is 0 Å². The number of para-hydroxylation sites is 1. The average molecular weight is 637 g/mol. The Hall–Kier alpha value is -6.44. The van der Waals surface area contributed by atoms with E-state index in [1.807, 2.05) is 0 Å². The molecule has 0 aliphatic carbocycles. The maximum Gasteiger partial charge on any atom is 0.143 e. The van der Waals surface area contributed by atoms with Crippen molar-refractivity contribution in [3.63, 3.8) is 0 Å². The Morgan fingerprint density at radius 1 is 0.360 bits per heavy atom. The Kier molecular flexibility index (Phi) is 6.63. The summed E-state index contributed by atoms with van der Waals surface area (Å²) in [5.74, 6) is 0. The minimum absolute atomic E-state index is 0.830. The molecule has 10 rings (SSSR count). The fraction of sp³-hybridized carbons (Fsp3) is 0.0204. The zero-order valence-corrected chi connectivity index (χ0v) is 27.4. The number of benzene rings is 9. The normalized spacial score (nSPS) is 11.7. The van der Waals surface area contributed by atoms with Gasteiger partial charge in [0, 0.05) is 16.3 Å². The van der Waals surface area contributed by atoms with Crippen LogP contribution in [0.15, 0.2) is 186 Å². The van der Waals surface area contributed by atoms with E-state index < -0.39 is 0 Å². The van der Waals surface area contributed by atoms with E-state index in [4.69, 9.17) is 4.42 Å². The topological polar surface area (TPSA) is 13.1 Å². The van der Waals surface area contributed by atoms with Crippen LogP contribution in [0, 0.1) is 0 Å². The molecule has 9 aromatic carbocycles. The van der Waals surface area contributed by atoms with Gasteiger partial charge in [0.2, 0.25) is 0 Å². The first-order valence-corrected chi connectivity index (χ1v) is 17.3. The Morgan fingerprint density at radius 3 is 1.70 bits per heavy atom. The number of furan rings is 1. The summed E-state index contributed by atoms with van der Waals surface area (Å²) in [5.41, 5.74) is 11.8. The molecule has 1 nitrogen and oxygen atoms in total. The van der Waals surface area contributed by atoms with Gasteiger partial charge in [0.05, 0.1) is 0 Å². The molecule has 234 valence electrons. The second kappa shape index (κ2) is 11.6. The van der Waals surface area contributed by atoms with E-state index in [9.17, 15) is 0 Å². The molecule has 0 aliphatic rings. The quantitative estimate of drug-likeness (QED) is 0.171. The lowest BCUT2D eigenvalue weighted by atomic mass is 9.83. The first-order chi connectivity index (χ1) is 24.8. The summed E-state index contributed by atoms with van der Waals surface area (Å²) in [7, 11) is 0. The molecule has 1 aromatic heterocycles. The molecule has 1 heteroatoms. The maximum atomic E-state index is 6.83. The highest BCUT2D eigenvalue weighted by atomic mass is 16.3. The van der Waals surface area contributed by atoms with Crippen LogP contribution < -0.4 is 0 Å². The molecule has 0 atom stereocenters. The molecule has 0 amide bonds. The fourth-order valence-electron chi connectivity index (χ4n) is 8.17. The van der Waals surface area contributed by atoms with Crippen LogP contribution in [0.25, 0.3) is 87.6 Å². The Bertz CT molecular complexity index is 2830. The molecule has 0 saturated carbocycles. The van der Waals surface area contributed by atoms with Crippen molar-refractivity contribution in [2.24, 2.45) is 0 Å². The van der Waals surface area contributed by atoms with Crippen molar-refractivity contribution in [1.29, 1.82) is 0 Å². The van der Waals surface area contributed by atoms with Crippen LogP contribution in [-0.2, 0) is 6.42 Å². The van der Waals surface area contributed by atoms with Crippen molar-refractivity contribution in [1.82, 2.24) is 0 Å². The highest BCUT2D eigenvalue weighted by Crippen LogP contribution is 2.48. The number of fused-ring (bicyclic) bond motifs is 6. The zero-order chi connectivity index (χ0) is 33.0. The molecular weight excluding hydrogens is 605 g/mol. The molecule has 0 N–H and O–H groups in total. The lowest BCUT2D eigenvalue weighted by molar-refractivity contribution is 0.670. The van der Waals surface area contributed by atoms with Crippen LogP contribution >= 0.6 is 0 Å². The lowest BCUT2D eigenvalue weighted by Crippen LogP contribution is -1.97. The molecule has 0 saturated heterocycles. The molecular formula is C49H32O. The van der Waals surface area contributed by atoms with Gasteiger partial charge in [0.25, 0.3) is 0 Å². The van der Waals surface area contributed by atoms with Crippen LogP contribution in [0.5, 0.6) is 0 Å². The predicted octanol–water partition coefficient (Wildman–Crippen LogP) is 13.6. The Morgan fingerprint density at radius 2 is 0.920 bits per heavy atom. The van der Waals surface area contributed by atoms with Gasteiger partial charge in [-0.05, 0) is 89.8 Å². The molecule has 1 heterocycles. The van der Waals surface area contributed by atoms with Gasteiger partial charge < -0.3 is 4.42 Å². The summed E-state index contributed by atoms with van der Waals surface area (Å²) in [4.78, 5) is 0. The molecule has 0 spiro atoms. The van der Waals surface area contributed by atoms with Crippen molar-refractivity contribution >= 4 is 54.3 Å². The highest BCUT2D eigenvalue weighted by Gasteiger charge is 2.22. The largest absolute Gasteiger partial charge is 0.455 e. The van der Waals surface area contributed by atoms with Crippen LogP contribution in [-0.4, -0.2) is 0 Å². The summed E-state index contributed by atoms with van der Waals surface area (Å²) in [5, 5.41) is 9.80. The van der Waals surface area contributed by atoms with Gasteiger partial charge in [-0.2, -0.15) is 0 Å². The SMILES string of the molecule is c1ccc(-c2ccccc2Cc2c3ccccc3c(-c3ccc(-c4cccc5ccccc45)c4oc5ccccc5c34)c3ccccc23)cc1. The minimum Gasteiger partial charge on any atom is -0.455 e. The van der Waals surface area contributed by atoms with Crippen LogP contribution in [0.4, 0.5) is 0 Å². The number of hydrogen-bond donors (Lipinski definition) is 0. The smallest absolute Gasteiger partial charge is 0.143 e. The molecule has 0 aliphatic heterocycles. The van der Waals surface area contributed by atoms with Gasteiger partial charge >= 0.3 is 0 Å². The summed E-state index contributed by atoms with van der Waals surface area (Å²) >= 11 is 0. The monoisotopic (exact) mass is 636 g/mol. The van der Waals surface area contributed by atoms with Crippen molar-refractivity contribution in [3.8, 4) is 33.4 Å². The number of rotatable bonds is 5. The molecule has 50 heavy (non-hydrogen) atoms. The third-order valence-corrected chi connectivity index (χ3v) is 10.4. The van der Waals surface area contributed by atoms with Gasteiger partial charge in [-0.25, -0.2) is 0 Å². The molecule has 0 unspecified atom stereocenters. The molecule has 0 bridgehead atoms.